The van der Waals surface area contributed by atoms with E-state index in [4.69, 9.17) is 5.73 Å². The third-order valence-corrected chi connectivity index (χ3v) is 2.85. The second-order valence-electron chi connectivity index (χ2n) is 4.40. The van der Waals surface area contributed by atoms with Crippen LogP contribution < -0.4 is 10.6 Å². The van der Waals surface area contributed by atoms with Crippen LogP contribution in [0.3, 0.4) is 0 Å². The van der Waals surface area contributed by atoms with E-state index in [-0.39, 0.29) is 6.04 Å². The first-order valence-electron chi connectivity index (χ1n) is 5.74. The van der Waals surface area contributed by atoms with E-state index in [1.807, 2.05) is 14.1 Å². The third-order valence-electron chi connectivity index (χ3n) is 2.85. The normalized spacial score (nSPS) is 12.2. The molecule has 0 radical (unpaired) electrons. The summed E-state index contributed by atoms with van der Waals surface area (Å²) in [5.74, 6) is 0. The Kier molecular flexibility index (Phi) is 4.56. The van der Waals surface area contributed by atoms with E-state index in [0.29, 0.717) is 0 Å². The Balaban J connectivity index is 2.70. The number of hydrogen-bond acceptors (Lipinski definition) is 2. The smallest absolute Gasteiger partial charge is 0.0361 e. The molecule has 1 atom stereocenters. The fourth-order valence-corrected chi connectivity index (χ4v) is 1.59. The van der Waals surface area contributed by atoms with Crippen LogP contribution >= 0.6 is 0 Å². The second-order valence-corrected chi connectivity index (χ2v) is 4.40. The number of rotatable bonds is 5. The van der Waals surface area contributed by atoms with Gasteiger partial charge >= 0.3 is 0 Å². The highest BCUT2D eigenvalue weighted by Crippen LogP contribution is 2.21. The van der Waals surface area contributed by atoms with Gasteiger partial charge in [-0.05, 0) is 30.5 Å². The van der Waals surface area contributed by atoms with Crippen molar-refractivity contribution in [3.63, 3.8) is 0 Å². The number of nitrogens with two attached hydrogens (primary N) is 1. The van der Waals surface area contributed by atoms with Gasteiger partial charge in [0.2, 0.25) is 0 Å². The van der Waals surface area contributed by atoms with Crippen molar-refractivity contribution in [2.24, 2.45) is 5.73 Å². The van der Waals surface area contributed by atoms with Crippen LogP contribution in [0.1, 0.15) is 31.4 Å². The summed E-state index contributed by atoms with van der Waals surface area (Å²) in [4.78, 5) is 2.08. The molecule has 1 rings (SSSR count). The van der Waals surface area contributed by atoms with Crippen LogP contribution in [0.25, 0.3) is 0 Å². The van der Waals surface area contributed by atoms with Crippen molar-refractivity contribution in [2.45, 2.75) is 25.8 Å². The Morgan fingerprint density at radius 1 is 1.31 bits per heavy atom. The van der Waals surface area contributed by atoms with E-state index in [9.17, 15) is 0 Å². The first-order chi connectivity index (χ1) is 7.54. The van der Waals surface area contributed by atoms with Gasteiger partial charge in [-0.3, -0.25) is 0 Å². The molecule has 0 aliphatic rings. The van der Waals surface area contributed by atoms with Gasteiger partial charge < -0.3 is 10.6 Å². The number of benzene rings is 1. The molecule has 0 aliphatic heterocycles. The van der Waals surface area contributed by atoms with Crippen molar-refractivity contribution >= 4 is 5.69 Å². The largest absolute Gasteiger partial charge is 0.378 e. The van der Waals surface area contributed by atoms with Crippen LogP contribution in [0.15, 0.2) is 36.4 Å². The molecular formula is C14H22N2. The van der Waals surface area contributed by atoms with E-state index in [2.05, 4.69) is 42.7 Å². The van der Waals surface area contributed by atoms with Gasteiger partial charge in [-0.15, -0.1) is 0 Å². The van der Waals surface area contributed by atoms with Gasteiger partial charge in [-0.2, -0.15) is 0 Å². The van der Waals surface area contributed by atoms with E-state index < -0.39 is 0 Å². The standard InChI is InChI=1S/C14H22N2/c1-5-11(2)10-14(15)12-6-8-13(9-7-12)16(3)4/h6-9,14H,2,5,10,15H2,1,3-4H3. The molecule has 16 heavy (non-hydrogen) atoms. The maximum Gasteiger partial charge on any atom is 0.0361 e. The van der Waals surface area contributed by atoms with E-state index in [1.165, 1.54) is 16.8 Å². The number of nitrogens with zero attached hydrogens (tertiary/aromatic N) is 1. The maximum atomic E-state index is 6.12. The average molecular weight is 218 g/mol. The van der Waals surface area contributed by atoms with Gasteiger partial charge in [0.05, 0.1) is 0 Å². The topological polar surface area (TPSA) is 29.3 Å². The van der Waals surface area contributed by atoms with Crippen molar-refractivity contribution in [2.75, 3.05) is 19.0 Å². The van der Waals surface area contributed by atoms with Gasteiger partial charge in [-0.1, -0.05) is 31.2 Å². The summed E-state index contributed by atoms with van der Waals surface area (Å²) in [6, 6.07) is 8.48. The minimum absolute atomic E-state index is 0.0728. The van der Waals surface area contributed by atoms with Gasteiger partial charge in [0.1, 0.15) is 0 Å². The molecule has 88 valence electrons. The Labute approximate surface area is 98.8 Å². The molecule has 1 aromatic rings. The SMILES string of the molecule is C=C(CC)CC(N)c1ccc(N(C)C)cc1. The lowest BCUT2D eigenvalue weighted by Gasteiger charge is -2.16. The van der Waals surface area contributed by atoms with Gasteiger partial charge in [0, 0.05) is 25.8 Å². The molecule has 0 heterocycles. The quantitative estimate of drug-likeness (QED) is 0.769. The zero-order chi connectivity index (χ0) is 12.1. The average Bonchev–Trinajstić information content (AvgIpc) is 2.28. The predicted molar refractivity (Wildman–Crippen MR) is 71.7 cm³/mol. The Bertz CT molecular complexity index is 338. The van der Waals surface area contributed by atoms with Crippen molar-refractivity contribution in [3.8, 4) is 0 Å². The Morgan fingerprint density at radius 3 is 2.31 bits per heavy atom. The maximum absolute atomic E-state index is 6.12. The second kappa shape index (κ2) is 5.71. The van der Waals surface area contributed by atoms with Gasteiger partial charge in [0.15, 0.2) is 0 Å². The monoisotopic (exact) mass is 218 g/mol. The van der Waals surface area contributed by atoms with Crippen LogP contribution in [0.5, 0.6) is 0 Å². The summed E-state index contributed by atoms with van der Waals surface area (Å²) in [5.41, 5.74) is 9.72. The Hall–Kier alpha value is -1.28. The minimum Gasteiger partial charge on any atom is -0.378 e. The lowest BCUT2D eigenvalue weighted by Crippen LogP contribution is -2.12. The minimum atomic E-state index is 0.0728. The zero-order valence-electron chi connectivity index (χ0n) is 10.5. The molecule has 0 bridgehead atoms. The van der Waals surface area contributed by atoms with Gasteiger partial charge in [0.25, 0.3) is 0 Å². The summed E-state index contributed by atoms with van der Waals surface area (Å²) in [6.45, 7) is 6.11. The Morgan fingerprint density at radius 2 is 1.88 bits per heavy atom. The van der Waals surface area contributed by atoms with E-state index in [1.54, 1.807) is 0 Å². The molecule has 0 fully saturated rings. The predicted octanol–water partition coefficient (Wildman–Crippen LogP) is 3.11. The highest BCUT2D eigenvalue weighted by atomic mass is 15.1. The molecule has 0 aromatic heterocycles. The summed E-state index contributed by atoms with van der Waals surface area (Å²) < 4.78 is 0. The van der Waals surface area contributed by atoms with Crippen molar-refractivity contribution in [3.05, 3.63) is 42.0 Å². The van der Waals surface area contributed by atoms with Crippen LogP contribution in [-0.4, -0.2) is 14.1 Å². The highest BCUT2D eigenvalue weighted by molar-refractivity contribution is 5.46. The molecule has 0 aliphatic carbocycles. The first-order valence-corrected chi connectivity index (χ1v) is 5.74. The zero-order valence-corrected chi connectivity index (χ0v) is 10.5. The molecule has 2 nitrogen and oxygen atoms in total. The van der Waals surface area contributed by atoms with Crippen molar-refractivity contribution in [1.82, 2.24) is 0 Å². The van der Waals surface area contributed by atoms with Crippen molar-refractivity contribution in [1.29, 1.82) is 0 Å². The third kappa shape index (κ3) is 3.38. The molecule has 2 heteroatoms. The number of hydrogen-bond donors (Lipinski definition) is 1. The van der Waals surface area contributed by atoms with Crippen LogP contribution in [0, 0.1) is 0 Å². The van der Waals surface area contributed by atoms with Crippen LogP contribution in [-0.2, 0) is 0 Å². The molecule has 0 spiro atoms. The molecular weight excluding hydrogens is 196 g/mol. The molecule has 0 saturated carbocycles. The first kappa shape index (κ1) is 12.8. The molecule has 2 N–H and O–H groups in total. The summed E-state index contributed by atoms with van der Waals surface area (Å²) in [6.07, 6.45) is 1.88. The molecule has 0 saturated heterocycles. The lowest BCUT2D eigenvalue weighted by atomic mass is 9.99. The fourth-order valence-electron chi connectivity index (χ4n) is 1.59. The van der Waals surface area contributed by atoms with Crippen LogP contribution in [0.4, 0.5) is 5.69 Å². The summed E-state index contributed by atoms with van der Waals surface area (Å²) >= 11 is 0. The highest BCUT2D eigenvalue weighted by Gasteiger charge is 2.07. The summed E-state index contributed by atoms with van der Waals surface area (Å²) in [7, 11) is 4.07. The lowest BCUT2D eigenvalue weighted by molar-refractivity contribution is 0.701. The number of anilines is 1. The van der Waals surface area contributed by atoms with E-state index >= 15 is 0 Å². The van der Waals surface area contributed by atoms with Gasteiger partial charge in [-0.25, -0.2) is 0 Å². The van der Waals surface area contributed by atoms with Crippen molar-refractivity contribution < 1.29 is 0 Å². The summed E-state index contributed by atoms with van der Waals surface area (Å²) in [5, 5.41) is 0. The molecule has 1 unspecified atom stereocenters. The van der Waals surface area contributed by atoms with Crippen LogP contribution in [0.2, 0.25) is 0 Å². The van der Waals surface area contributed by atoms with E-state index in [0.717, 1.165) is 12.8 Å². The molecule has 1 aromatic carbocycles. The fraction of sp³-hybridized carbons (Fsp3) is 0.429. The molecule has 0 amide bonds.